The molecule has 0 fully saturated rings. The summed E-state index contributed by atoms with van der Waals surface area (Å²) in [6.07, 6.45) is 0. The summed E-state index contributed by atoms with van der Waals surface area (Å²) in [5.41, 5.74) is 4.01. The van der Waals surface area contributed by atoms with Gasteiger partial charge in [-0.15, -0.1) is 23.1 Å². The number of carbonyl (C=O) groups excluding carboxylic acids is 1. The molecule has 0 aliphatic carbocycles. The normalized spacial score (nSPS) is 12.4. The summed E-state index contributed by atoms with van der Waals surface area (Å²) in [6, 6.07) is 6.10. The van der Waals surface area contributed by atoms with E-state index in [-0.39, 0.29) is 16.7 Å². The number of aromatic amines is 1. The number of H-pyrrole nitrogens is 1. The van der Waals surface area contributed by atoms with Crippen molar-refractivity contribution in [3.05, 3.63) is 55.9 Å². The predicted molar refractivity (Wildman–Crippen MR) is 120 cm³/mol. The van der Waals surface area contributed by atoms with Gasteiger partial charge in [0.25, 0.3) is 5.56 Å². The van der Waals surface area contributed by atoms with Crippen LogP contribution in [0.15, 0.2) is 23.0 Å². The highest BCUT2D eigenvalue weighted by molar-refractivity contribution is 7.99. The number of benzene rings is 1. The van der Waals surface area contributed by atoms with Crippen molar-refractivity contribution >= 4 is 44.9 Å². The fraction of sp³-hybridized carbons (Fsp3) is 0.381. The molecular formula is C21H25N3O2S2. The maximum Gasteiger partial charge on any atom is 0.259 e. The first-order valence-electron chi connectivity index (χ1n) is 9.14. The number of aryl methyl sites for hydroxylation is 4. The average molecular weight is 416 g/mol. The van der Waals surface area contributed by atoms with Crippen LogP contribution in [0.4, 0.5) is 5.69 Å². The number of aromatic nitrogens is 2. The van der Waals surface area contributed by atoms with Crippen molar-refractivity contribution in [2.24, 2.45) is 0 Å². The van der Waals surface area contributed by atoms with Gasteiger partial charge in [0.05, 0.1) is 16.4 Å². The van der Waals surface area contributed by atoms with E-state index in [0.717, 1.165) is 32.1 Å². The molecular weight excluding hydrogens is 390 g/mol. The van der Waals surface area contributed by atoms with E-state index in [4.69, 9.17) is 0 Å². The SMILES string of the molecule is Cc1ccc(C)c(N(C)C(=O)C(C)SCc2nc3sc(C)c(C)c3c(=O)[nH]2)c1. The van der Waals surface area contributed by atoms with E-state index in [0.29, 0.717) is 17.0 Å². The largest absolute Gasteiger partial charge is 0.314 e. The van der Waals surface area contributed by atoms with Crippen LogP contribution in [0.3, 0.4) is 0 Å². The van der Waals surface area contributed by atoms with Crippen molar-refractivity contribution in [2.75, 3.05) is 11.9 Å². The molecule has 148 valence electrons. The lowest BCUT2D eigenvalue weighted by atomic mass is 10.1. The molecule has 28 heavy (non-hydrogen) atoms. The van der Waals surface area contributed by atoms with Gasteiger partial charge in [-0.05, 0) is 57.4 Å². The van der Waals surface area contributed by atoms with E-state index in [1.807, 2.05) is 59.9 Å². The molecule has 2 aromatic heterocycles. The van der Waals surface area contributed by atoms with E-state index in [1.165, 1.54) is 23.1 Å². The lowest BCUT2D eigenvalue weighted by Crippen LogP contribution is -2.33. The maximum atomic E-state index is 12.9. The molecule has 0 saturated heterocycles. The van der Waals surface area contributed by atoms with Gasteiger partial charge in [-0.2, -0.15) is 0 Å². The van der Waals surface area contributed by atoms with Crippen LogP contribution in [0, 0.1) is 27.7 Å². The summed E-state index contributed by atoms with van der Waals surface area (Å²) in [5.74, 6) is 1.12. The van der Waals surface area contributed by atoms with Crippen molar-refractivity contribution in [3.63, 3.8) is 0 Å². The number of nitrogens with one attached hydrogen (secondary N) is 1. The van der Waals surface area contributed by atoms with Crippen molar-refractivity contribution in [3.8, 4) is 0 Å². The molecule has 1 aromatic carbocycles. The summed E-state index contributed by atoms with van der Waals surface area (Å²) >= 11 is 3.02. The predicted octanol–water partition coefficient (Wildman–Crippen LogP) is 4.50. The lowest BCUT2D eigenvalue weighted by Gasteiger charge is -2.23. The summed E-state index contributed by atoms with van der Waals surface area (Å²) < 4.78 is 0. The zero-order chi connectivity index (χ0) is 20.6. The second-order valence-corrected chi connectivity index (χ2v) is 9.65. The van der Waals surface area contributed by atoms with Gasteiger partial charge in [0.2, 0.25) is 5.91 Å². The Morgan fingerprint density at radius 2 is 2.00 bits per heavy atom. The molecule has 0 radical (unpaired) electrons. The maximum absolute atomic E-state index is 12.9. The van der Waals surface area contributed by atoms with E-state index in [2.05, 4.69) is 9.97 Å². The highest BCUT2D eigenvalue weighted by atomic mass is 32.2. The molecule has 0 saturated carbocycles. The summed E-state index contributed by atoms with van der Waals surface area (Å²) in [4.78, 5) is 36.3. The number of fused-ring (bicyclic) bond motifs is 1. The molecule has 0 spiro atoms. The van der Waals surface area contributed by atoms with Gasteiger partial charge < -0.3 is 9.88 Å². The molecule has 1 unspecified atom stereocenters. The van der Waals surface area contributed by atoms with Gasteiger partial charge in [-0.3, -0.25) is 9.59 Å². The van der Waals surface area contributed by atoms with E-state index in [9.17, 15) is 9.59 Å². The molecule has 7 heteroatoms. The smallest absolute Gasteiger partial charge is 0.259 e. The third-order valence-electron chi connectivity index (χ3n) is 4.96. The van der Waals surface area contributed by atoms with Gasteiger partial charge in [-0.25, -0.2) is 4.98 Å². The van der Waals surface area contributed by atoms with Gasteiger partial charge >= 0.3 is 0 Å². The first kappa shape index (κ1) is 20.6. The second kappa shape index (κ2) is 8.09. The van der Waals surface area contributed by atoms with Gasteiger partial charge in [0, 0.05) is 17.6 Å². The number of amides is 1. The molecule has 1 N–H and O–H groups in total. The Kier molecular flexibility index (Phi) is 5.95. The minimum absolute atomic E-state index is 0.0323. The van der Waals surface area contributed by atoms with Crippen LogP contribution >= 0.6 is 23.1 Å². The van der Waals surface area contributed by atoms with Crippen molar-refractivity contribution in [2.45, 2.75) is 45.6 Å². The standard InChI is InChI=1S/C21H25N3O2S2/c1-11-7-8-12(2)16(9-11)24(6)21(26)15(5)27-10-17-22-19(25)18-13(3)14(4)28-20(18)23-17/h7-9,15H,10H2,1-6H3,(H,22,23,25). The number of hydrogen-bond donors (Lipinski definition) is 1. The molecule has 1 amide bonds. The van der Waals surface area contributed by atoms with E-state index >= 15 is 0 Å². The Bertz CT molecular complexity index is 1100. The Balaban J connectivity index is 1.73. The van der Waals surface area contributed by atoms with Gasteiger partial charge in [-0.1, -0.05) is 12.1 Å². The highest BCUT2D eigenvalue weighted by Crippen LogP contribution is 2.27. The summed E-state index contributed by atoms with van der Waals surface area (Å²) in [6.45, 7) is 9.87. The number of rotatable bonds is 5. The van der Waals surface area contributed by atoms with Crippen LogP contribution in [0.2, 0.25) is 0 Å². The first-order valence-corrected chi connectivity index (χ1v) is 11.0. The molecule has 0 aliphatic heterocycles. The quantitative estimate of drug-likeness (QED) is 0.666. The fourth-order valence-electron chi connectivity index (χ4n) is 3.12. The van der Waals surface area contributed by atoms with Crippen LogP contribution in [0.5, 0.6) is 0 Å². The topological polar surface area (TPSA) is 66.1 Å². The minimum atomic E-state index is -0.252. The van der Waals surface area contributed by atoms with E-state index in [1.54, 1.807) is 4.90 Å². The van der Waals surface area contributed by atoms with E-state index < -0.39 is 0 Å². The summed E-state index contributed by atoms with van der Waals surface area (Å²) in [5, 5.41) is 0.424. The minimum Gasteiger partial charge on any atom is -0.314 e. The first-order chi connectivity index (χ1) is 13.2. The van der Waals surface area contributed by atoms with Crippen LogP contribution in [-0.2, 0) is 10.5 Å². The zero-order valence-corrected chi connectivity index (χ0v) is 18.7. The molecule has 3 aromatic rings. The molecule has 0 bridgehead atoms. The number of anilines is 1. The zero-order valence-electron chi connectivity index (χ0n) is 17.0. The molecule has 2 heterocycles. The Morgan fingerprint density at radius 1 is 1.29 bits per heavy atom. The number of thiophene rings is 1. The Labute approximate surface area is 173 Å². The second-order valence-electron chi connectivity index (χ2n) is 7.12. The van der Waals surface area contributed by atoms with Crippen LogP contribution < -0.4 is 10.5 Å². The Hall–Kier alpha value is -2.12. The summed E-state index contributed by atoms with van der Waals surface area (Å²) in [7, 11) is 1.81. The van der Waals surface area contributed by atoms with Crippen molar-refractivity contribution in [1.29, 1.82) is 0 Å². The third-order valence-corrected chi connectivity index (χ3v) is 7.21. The van der Waals surface area contributed by atoms with Crippen LogP contribution in [0.1, 0.15) is 34.3 Å². The number of hydrogen-bond acceptors (Lipinski definition) is 5. The molecule has 1 atom stereocenters. The molecule has 3 rings (SSSR count). The number of thioether (sulfide) groups is 1. The molecule has 0 aliphatic rings. The van der Waals surface area contributed by atoms with Crippen molar-refractivity contribution in [1.82, 2.24) is 9.97 Å². The van der Waals surface area contributed by atoms with Crippen LogP contribution in [0.25, 0.3) is 10.2 Å². The lowest BCUT2D eigenvalue weighted by molar-refractivity contribution is -0.117. The highest BCUT2D eigenvalue weighted by Gasteiger charge is 2.21. The monoisotopic (exact) mass is 415 g/mol. The third kappa shape index (κ3) is 4.00. The molecule has 5 nitrogen and oxygen atoms in total. The van der Waals surface area contributed by atoms with Crippen molar-refractivity contribution < 1.29 is 4.79 Å². The Morgan fingerprint density at radius 3 is 2.71 bits per heavy atom. The fourth-order valence-corrected chi connectivity index (χ4v) is 5.01. The van der Waals surface area contributed by atoms with Gasteiger partial charge in [0.15, 0.2) is 0 Å². The number of nitrogens with zero attached hydrogens (tertiary/aromatic N) is 2. The number of carbonyl (C=O) groups is 1. The average Bonchev–Trinajstić information content (AvgIpc) is 2.94. The van der Waals surface area contributed by atoms with Gasteiger partial charge in [0.1, 0.15) is 10.7 Å². The van der Waals surface area contributed by atoms with Crippen LogP contribution in [-0.4, -0.2) is 28.2 Å².